The highest BCUT2D eigenvalue weighted by Gasteiger charge is 2.30. The summed E-state index contributed by atoms with van der Waals surface area (Å²) in [6.45, 7) is 5.13. The summed E-state index contributed by atoms with van der Waals surface area (Å²) in [6.07, 6.45) is 7.99. The van der Waals surface area contributed by atoms with Crippen molar-refractivity contribution in [2.24, 2.45) is 5.92 Å². The fourth-order valence-electron chi connectivity index (χ4n) is 3.13. The largest absolute Gasteiger partial charge is 0.373 e. The molecule has 0 bridgehead atoms. The molecule has 6 nitrogen and oxygen atoms in total. The van der Waals surface area contributed by atoms with Gasteiger partial charge >= 0.3 is 6.03 Å². The van der Waals surface area contributed by atoms with Crippen LogP contribution in [0.4, 0.5) is 4.79 Å². The van der Waals surface area contributed by atoms with E-state index in [0.29, 0.717) is 19.0 Å². The molecule has 0 aromatic carbocycles. The molecule has 2 aliphatic rings. The lowest BCUT2D eigenvalue weighted by Gasteiger charge is -2.25. The van der Waals surface area contributed by atoms with Crippen molar-refractivity contribution in [3.05, 3.63) is 18.2 Å². The number of imidazole rings is 1. The number of nitrogens with one attached hydrogen (secondary N) is 2. The molecule has 1 saturated heterocycles. The van der Waals surface area contributed by atoms with Crippen LogP contribution < -0.4 is 10.6 Å². The minimum absolute atomic E-state index is 0.0966. The first-order valence-electron chi connectivity index (χ1n) is 7.80. The van der Waals surface area contributed by atoms with E-state index in [0.717, 1.165) is 44.7 Å². The Morgan fingerprint density at radius 2 is 2.48 bits per heavy atom. The Bertz CT molecular complexity index is 494. The average Bonchev–Trinajstić information content (AvgIpc) is 3.11. The number of amides is 2. The molecule has 0 radical (unpaired) electrons. The minimum Gasteiger partial charge on any atom is -0.373 e. The van der Waals surface area contributed by atoms with Crippen molar-refractivity contribution in [3.63, 3.8) is 0 Å². The molecule has 1 fully saturated rings. The predicted octanol–water partition coefficient (Wildman–Crippen LogP) is 1.31. The molecule has 2 aliphatic heterocycles. The van der Waals surface area contributed by atoms with E-state index in [1.165, 1.54) is 0 Å². The number of hydrogen-bond donors (Lipinski definition) is 2. The van der Waals surface area contributed by atoms with E-state index >= 15 is 0 Å². The van der Waals surface area contributed by atoms with Crippen LogP contribution in [0.25, 0.3) is 0 Å². The van der Waals surface area contributed by atoms with Gasteiger partial charge < -0.3 is 19.9 Å². The van der Waals surface area contributed by atoms with Gasteiger partial charge in [0.2, 0.25) is 0 Å². The molecule has 0 spiro atoms. The van der Waals surface area contributed by atoms with Gasteiger partial charge in [0.05, 0.1) is 5.60 Å². The molecule has 0 unspecified atom stereocenters. The molecule has 3 rings (SSSR count). The Balaban J connectivity index is 1.38. The Morgan fingerprint density at radius 1 is 1.57 bits per heavy atom. The van der Waals surface area contributed by atoms with Gasteiger partial charge in [-0.15, -0.1) is 0 Å². The monoisotopic (exact) mass is 292 g/mol. The fourth-order valence-corrected chi connectivity index (χ4v) is 3.13. The number of urea groups is 1. The van der Waals surface area contributed by atoms with Gasteiger partial charge in [0.1, 0.15) is 5.82 Å². The number of carbonyl (C=O) groups is 1. The number of carbonyl (C=O) groups excluding carboxylic acids is 1. The van der Waals surface area contributed by atoms with Crippen LogP contribution >= 0.6 is 0 Å². The molecular weight excluding hydrogens is 268 g/mol. The quantitative estimate of drug-likeness (QED) is 0.879. The van der Waals surface area contributed by atoms with E-state index in [2.05, 4.69) is 27.1 Å². The second-order valence-electron chi connectivity index (χ2n) is 6.36. The molecule has 2 amide bonds. The van der Waals surface area contributed by atoms with Gasteiger partial charge in [-0.25, -0.2) is 9.78 Å². The third kappa shape index (κ3) is 3.56. The molecule has 0 aliphatic carbocycles. The summed E-state index contributed by atoms with van der Waals surface area (Å²) >= 11 is 0. The van der Waals surface area contributed by atoms with Crippen LogP contribution in [-0.4, -0.2) is 40.9 Å². The Kier molecular flexibility index (Phi) is 4.14. The first-order chi connectivity index (χ1) is 10.1. The summed E-state index contributed by atoms with van der Waals surface area (Å²) < 4.78 is 7.85. The SMILES string of the molecule is C[C@@]1(CNC(=O)NC[C@@H]2CCn3ccnc3C2)CCCO1. The number of ether oxygens (including phenoxy) is 1. The average molecular weight is 292 g/mol. The zero-order chi connectivity index (χ0) is 14.7. The summed E-state index contributed by atoms with van der Waals surface area (Å²) in [5, 5.41) is 5.90. The summed E-state index contributed by atoms with van der Waals surface area (Å²) in [5.74, 6) is 1.60. The topological polar surface area (TPSA) is 68.2 Å². The maximum atomic E-state index is 11.9. The molecule has 6 heteroatoms. The van der Waals surface area contributed by atoms with Gasteiger partial charge in [-0.2, -0.15) is 0 Å². The second-order valence-corrected chi connectivity index (χ2v) is 6.36. The zero-order valence-corrected chi connectivity index (χ0v) is 12.6. The van der Waals surface area contributed by atoms with E-state index in [-0.39, 0.29) is 11.6 Å². The Labute approximate surface area is 125 Å². The Morgan fingerprint density at radius 3 is 3.29 bits per heavy atom. The van der Waals surface area contributed by atoms with Crippen LogP contribution in [-0.2, 0) is 17.7 Å². The number of hydrogen-bond acceptors (Lipinski definition) is 3. The van der Waals surface area contributed by atoms with Crippen molar-refractivity contribution in [3.8, 4) is 0 Å². The molecule has 2 atom stereocenters. The normalized spacial score (nSPS) is 28.1. The van der Waals surface area contributed by atoms with Crippen LogP contribution in [0.2, 0.25) is 0 Å². The van der Waals surface area contributed by atoms with Gasteiger partial charge in [-0.05, 0) is 32.1 Å². The summed E-state index contributed by atoms with van der Waals surface area (Å²) in [4.78, 5) is 16.2. The van der Waals surface area contributed by atoms with E-state index < -0.39 is 0 Å². The highest BCUT2D eigenvalue weighted by Crippen LogP contribution is 2.23. The van der Waals surface area contributed by atoms with Gasteiger partial charge in [0.15, 0.2) is 0 Å². The van der Waals surface area contributed by atoms with Gasteiger partial charge in [-0.3, -0.25) is 0 Å². The highest BCUT2D eigenvalue weighted by atomic mass is 16.5. The summed E-state index contributed by atoms with van der Waals surface area (Å²) in [6, 6.07) is -0.0966. The maximum absolute atomic E-state index is 11.9. The van der Waals surface area contributed by atoms with E-state index in [9.17, 15) is 4.79 Å². The molecule has 21 heavy (non-hydrogen) atoms. The number of nitrogens with zero attached hydrogens (tertiary/aromatic N) is 2. The third-order valence-corrected chi connectivity index (χ3v) is 4.53. The van der Waals surface area contributed by atoms with Gasteiger partial charge in [0.25, 0.3) is 0 Å². The van der Waals surface area contributed by atoms with Crippen LogP contribution in [0.1, 0.15) is 32.0 Å². The highest BCUT2D eigenvalue weighted by molar-refractivity contribution is 5.73. The van der Waals surface area contributed by atoms with Gasteiger partial charge in [0, 0.05) is 45.1 Å². The maximum Gasteiger partial charge on any atom is 0.314 e. The number of aryl methyl sites for hydroxylation is 1. The van der Waals surface area contributed by atoms with Gasteiger partial charge in [-0.1, -0.05) is 0 Å². The van der Waals surface area contributed by atoms with E-state index in [1.807, 2.05) is 12.4 Å². The van der Waals surface area contributed by atoms with E-state index in [1.54, 1.807) is 0 Å². The van der Waals surface area contributed by atoms with E-state index in [4.69, 9.17) is 4.74 Å². The lowest BCUT2D eigenvalue weighted by Crippen LogP contribution is -2.46. The summed E-state index contributed by atoms with van der Waals surface area (Å²) in [7, 11) is 0. The first-order valence-corrected chi connectivity index (χ1v) is 7.80. The van der Waals surface area contributed by atoms with Crippen LogP contribution in [0.5, 0.6) is 0 Å². The van der Waals surface area contributed by atoms with Crippen molar-refractivity contribution >= 4 is 6.03 Å². The fraction of sp³-hybridized carbons (Fsp3) is 0.733. The molecular formula is C15H24N4O2. The van der Waals surface area contributed by atoms with Crippen LogP contribution in [0, 0.1) is 5.92 Å². The third-order valence-electron chi connectivity index (χ3n) is 4.53. The number of aromatic nitrogens is 2. The molecule has 2 N–H and O–H groups in total. The minimum atomic E-state index is -0.188. The molecule has 116 valence electrons. The molecule has 0 saturated carbocycles. The molecule has 3 heterocycles. The first kappa shape index (κ1) is 14.4. The summed E-state index contributed by atoms with van der Waals surface area (Å²) in [5.41, 5.74) is -0.188. The number of fused-ring (bicyclic) bond motifs is 1. The lowest BCUT2D eigenvalue weighted by molar-refractivity contribution is 0.0229. The smallest absolute Gasteiger partial charge is 0.314 e. The Hall–Kier alpha value is -1.56. The lowest BCUT2D eigenvalue weighted by atomic mass is 9.98. The number of rotatable bonds is 4. The van der Waals surface area contributed by atoms with Crippen molar-refractivity contribution < 1.29 is 9.53 Å². The standard InChI is InChI=1S/C15H24N4O2/c1-15(4-2-8-21-15)11-18-14(20)17-10-12-3-6-19-7-5-16-13(19)9-12/h5,7,12H,2-4,6,8-11H2,1H3,(H2,17,18,20)/t12-,15+/m1/s1. The van der Waals surface area contributed by atoms with Crippen LogP contribution in [0.15, 0.2) is 12.4 Å². The molecule has 1 aromatic rings. The van der Waals surface area contributed by atoms with Crippen molar-refractivity contribution in [1.82, 2.24) is 20.2 Å². The predicted molar refractivity (Wildman–Crippen MR) is 79.0 cm³/mol. The van der Waals surface area contributed by atoms with Crippen molar-refractivity contribution in [2.45, 2.75) is 44.8 Å². The van der Waals surface area contributed by atoms with Crippen molar-refractivity contribution in [1.29, 1.82) is 0 Å². The zero-order valence-electron chi connectivity index (χ0n) is 12.6. The van der Waals surface area contributed by atoms with Crippen LogP contribution in [0.3, 0.4) is 0 Å². The van der Waals surface area contributed by atoms with Crippen molar-refractivity contribution in [2.75, 3.05) is 19.7 Å². The second kappa shape index (κ2) is 6.05. The molecule has 1 aromatic heterocycles.